The third kappa shape index (κ3) is 5.54. The van der Waals surface area contributed by atoms with Gasteiger partial charge in [0.25, 0.3) is 0 Å². The van der Waals surface area contributed by atoms with Gasteiger partial charge in [-0.05, 0) is 32.6 Å². The zero-order valence-corrected chi connectivity index (χ0v) is 7.15. The highest BCUT2D eigenvalue weighted by Crippen LogP contribution is 2.08. The second-order valence-electron chi connectivity index (χ2n) is 2.89. The molecular formula is C9H17N. The molecule has 0 aromatic heterocycles. The third-order valence-corrected chi connectivity index (χ3v) is 1.43. The van der Waals surface area contributed by atoms with Gasteiger partial charge >= 0.3 is 0 Å². The Morgan fingerprint density at radius 1 is 1.60 bits per heavy atom. The van der Waals surface area contributed by atoms with E-state index in [9.17, 15) is 0 Å². The van der Waals surface area contributed by atoms with Crippen LogP contribution in [0.15, 0.2) is 12.2 Å². The van der Waals surface area contributed by atoms with Crippen molar-refractivity contribution in [2.75, 3.05) is 0 Å². The summed E-state index contributed by atoms with van der Waals surface area (Å²) in [5, 5.41) is 7.24. The van der Waals surface area contributed by atoms with Gasteiger partial charge < -0.3 is 5.41 Å². The van der Waals surface area contributed by atoms with Crippen molar-refractivity contribution in [1.82, 2.24) is 0 Å². The quantitative estimate of drug-likeness (QED) is 0.457. The van der Waals surface area contributed by atoms with E-state index in [1.54, 1.807) is 0 Å². The summed E-state index contributed by atoms with van der Waals surface area (Å²) in [5.74, 6) is 0.633. The van der Waals surface area contributed by atoms with Gasteiger partial charge in [-0.3, -0.25) is 0 Å². The Morgan fingerprint density at radius 3 is 2.60 bits per heavy atom. The van der Waals surface area contributed by atoms with E-state index in [1.807, 2.05) is 13.8 Å². The van der Waals surface area contributed by atoms with Crippen LogP contribution >= 0.6 is 0 Å². The zero-order chi connectivity index (χ0) is 7.98. The molecule has 10 heavy (non-hydrogen) atoms. The van der Waals surface area contributed by atoms with Crippen molar-refractivity contribution >= 4 is 5.71 Å². The van der Waals surface area contributed by atoms with Crippen LogP contribution in [0.5, 0.6) is 0 Å². The van der Waals surface area contributed by atoms with Crippen LogP contribution in [0.3, 0.4) is 0 Å². The lowest BCUT2D eigenvalue weighted by atomic mass is 10.0. The van der Waals surface area contributed by atoms with Crippen LogP contribution in [0, 0.1) is 11.3 Å². The fourth-order valence-corrected chi connectivity index (χ4v) is 0.974. The first kappa shape index (κ1) is 9.41. The highest BCUT2D eigenvalue weighted by molar-refractivity contribution is 5.78. The molecule has 0 aromatic rings. The molecule has 1 heteroatoms. The Kier molecular flexibility index (Phi) is 4.91. The Hall–Kier alpha value is -0.590. The topological polar surface area (TPSA) is 23.9 Å². The van der Waals surface area contributed by atoms with Crippen molar-refractivity contribution in [2.45, 2.75) is 33.6 Å². The van der Waals surface area contributed by atoms with E-state index >= 15 is 0 Å². The Balaban J connectivity index is 3.43. The molecule has 0 bridgehead atoms. The monoisotopic (exact) mass is 139 g/mol. The van der Waals surface area contributed by atoms with Gasteiger partial charge in [0, 0.05) is 5.71 Å². The van der Waals surface area contributed by atoms with Crippen LogP contribution < -0.4 is 0 Å². The van der Waals surface area contributed by atoms with E-state index in [0.29, 0.717) is 5.92 Å². The largest absolute Gasteiger partial charge is 0.310 e. The van der Waals surface area contributed by atoms with Gasteiger partial charge in [-0.15, -0.1) is 0 Å². The summed E-state index contributed by atoms with van der Waals surface area (Å²) in [5.41, 5.74) is 0.789. The molecule has 0 aliphatic carbocycles. The van der Waals surface area contributed by atoms with Gasteiger partial charge in [0.1, 0.15) is 0 Å². The molecule has 0 spiro atoms. The van der Waals surface area contributed by atoms with Crippen molar-refractivity contribution in [3.05, 3.63) is 12.2 Å². The van der Waals surface area contributed by atoms with E-state index in [0.717, 1.165) is 18.6 Å². The molecule has 0 aliphatic heterocycles. The van der Waals surface area contributed by atoms with E-state index in [4.69, 9.17) is 5.41 Å². The molecule has 1 atom stereocenters. The van der Waals surface area contributed by atoms with Crippen molar-refractivity contribution in [2.24, 2.45) is 5.92 Å². The lowest BCUT2D eigenvalue weighted by Crippen LogP contribution is -1.99. The lowest BCUT2D eigenvalue weighted by molar-refractivity contribution is 0.617. The van der Waals surface area contributed by atoms with Crippen LogP contribution in [0.4, 0.5) is 0 Å². The zero-order valence-electron chi connectivity index (χ0n) is 7.15. The van der Waals surface area contributed by atoms with E-state index in [1.165, 1.54) is 0 Å². The minimum atomic E-state index is 0.633. The maximum Gasteiger partial charge on any atom is 0.00609 e. The Morgan fingerprint density at radius 2 is 2.20 bits per heavy atom. The van der Waals surface area contributed by atoms with Gasteiger partial charge in [-0.1, -0.05) is 19.1 Å². The fraction of sp³-hybridized carbons (Fsp3) is 0.667. The molecule has 0 saturated heterocycles. The fourth-order valence-electron chi connectivity index (χ4n) is 0.974. The van der Waals surface area contributed by atoms with Crippen molar-refractivity contribution in [3.8, 4) is 0 Å². The maximum atomic E-state index is 7.24. The first-order chi connectivity index (χ1) is 4.66. The number of nitrogens with one attached hydrogen (secondary N) is 1. The molecule has 58 valence electrons. The number of hydrogen-bond donors (Lipinski definition) is 1. The second-order valence-corrected chi connectivity index (χ2v) is 2.89. The van der Waals surface area contributed by atoms with E-state index in [-0.39, 0.29) is 0 Å². The average Bonchev–Trinajstić information content (AvgIpc) is 1.82. The summed E-state index contributed by atoms with van der Waals surface area (Å²) < 4.78 is 0. The first-order valence-corrected chi connectivity index (χ1v) is 3.82. The number of allylic oxidation sites excluding steroid dienone is 2. The van der Waals surface area contributed by atoms with Crippen LogP contribution in [0.25, 0.3) is 0 Å². The van der Waals surface area contributed by atoms with Crippen molar-refractivity contribution in [3.63, 3.8) is 0 Å². The molecule has 0 heterocycles. The standard InChI is InChI=1S/C9H17N/c1-4-5-6-8(2)7-9(3)10/h4-5,8,10H,6-7H2,1-3H3/b5-4-,10-9?. The summed E-state index contributed by atoms with van der Waals surface area (Å²) >= 11 is 0. The maximum absolute atomic E-state index is 7.24. The molecule has 0 amide bonds. The van der Waals surface area contributed by atoms with Gasteiger partial charge in [0.05, 0.1) is 0 Å². The molecule has 1 unspecified atom stereocenters. The van der Waals surface area contributed by atoms with Crippen molar-refractivity contribution < 1.29 is 0 Å². The van der Waals surface area contributed by atoms with Crippen molar-refractivity contribution in [1.29, 1.82) is 5.41 Å². The van der Waals surface area contributed by atoms with E-state index < -0.39 is 0 Å². The molecule has 0 aromatic carbocycles. The van der Waals surface area contributed by atoms with Gasteiger partial charge in [0.15, 0.2) is 0 Å². The van der Waals surface area contributed by atoms with E-state index in [2.05, 4.69) is 19.1 Å². The molecule has 0 aliphatic rings. The predicted octanol–water partition coefficient (Wildman–Crippen LogP) is 3.02. The van der Waals surface area contributed by atoms with Crippen LogP contribution in [-0.2, 0) is 0 Å². The smallest absolute Gasteiger partial charge is 0.00609 e. The summed E-state index contributed by atoms with van der Waals surface area (Å²) in [6.45, 7) is 6.08. The number of rotatable bonds is 4. The highest BCUT2D eigenvalue weighted by Gasteiger charge is 1.99. The molecule has 0 radical (unpaired) electrons. The Bertz CT molecular complexity index is 125. The van der Waals surface area contributed by atoms with Crippen LogP contribution in [-0.4, -0.2) is 5.71 Å². The third-order valence-electron chi connectivity index (χ3n) is 1.43. The van der Waals surface area contributed by atoms with Gasteiger partial charge in [-0.2, -0.15) is 0 Å². The normalized spacial score (nSPS) is 13.9. The molecule has 0 fully saturated rings. The second kappa shape index (κ2) is 5.21. The Labute approximate surface area is 63.7 Å². The van der Waals surface area contributed by atoms with Gasteiger partial charge in [-0.25, -0.2) is 0 Å². The first-order valence-electron chi connectivity index (χ1n) is 3.82. The van der Waals surface area contributed by atoms with Gasteiger partial charge in [0.2, 0.25) is 0 Å². The average molecular weight is 139 g/mol. The molecular weight excluding hydrogens is 122 g/mol. The molecule has 0 saturated carbocycles. The lowest BCUT2D eigenvalue weighted by Gasteiger charge is -2.05. The molecule has 1 nitrogen and oxygen atoms in total. The predicted molar refractivity (Wildman–Crippen MR) is 46.6 cm³/mol. The summed E-state index contributed by atoms with van der Waals surface area (Å²) in [6.07, 6.45) is 6.26. The summed E-state index contributed by atoms with van der Waals surface area (Å²) in [6, 6.07) is 0. The summed E-state index contributed by atoms with van der Waals surface area (Å²) in [4.78, 5) is 0. The van der Waals surface area contributed by atoms with Crippen LogP contribution in [0.2, 0.25) is 0 Å². The highest BCUT2D eigenvalue weighted by atomic mass is 14.4. The SMILES string of the molecule is C/C=C\CC(C)CC(C)=N. The molecule has 0 rings (SSSR count). The minimum absolute atomic E-state index is 0.633. The van der Waals surface area contributed by atoms with Crippen LogP contribution in [0.1, 0.15) is 33.6 Å². The summed E-state index contributed by atoms with van der Waals surface area (Å²) in [7, 11) is 0. The number of hydrogen-bond acceptors (Lipinski definition) is 1. The minimum Gasteiger partial charge on any atom is -0.310 e. The molecule has 1 N–H and O–H groups in total.